The first-order chi connectivity index (χ1) is 7.51. The van der Waals surface area contributed by atoms with Crippen LogP contribution in [0.3, 0.4) is 0 Å². The molecule has 0 spiro atoms. The van der Waals surface area contributed by atoms with Crippen LogP contribution in [-0.2, 0) is 6.54 Å². The molecule has 88 valence electrons. The molecule has 0 aliphatic rings. The fourth-order valence-electron chi connectivity index (χ4n) is 1.51. The molecule has 0 fully saturated rings. The van der Waals surface area contributed by atoms with Gasteiger partial charge in [0.2, 0.25) is 0 Å². The van der Waals surface area contributed by atoms with E-state index in [0.717, 1.165) is 16.5 Å². The van der Waals surface area contributed by atoms with Gasteiger partial charge in [0.05, 0.1) is 5.69 Å². The Morgan fingerprint density at radius 2 is 2.25 bits per heavy atom. The Balaban J connectivity index is 2.42. The number of hydrogen-bond donors (Lipinski definition) is 1. The molecule has 1 N–H and O–H groups in total. The van der Waals surface area contributed by atoms with Crippen molar-refractivity contribution in [2.75, 3.05) is 7.05 Å². The Labute approximate surface area is 104 Å². The number of hydrogen-bond acceptors (Lipinski definition) is 4. The summed E-state index contributed by atoms with van der Waals surface area (Å²) in [4.78, 5) is 5.76. The van der Waals surface area contributed by atoms with E-state index in [1.54, 1.807) is 11.3 Å². The van der Waals surface area contributed by atoms with Crippen molar-refractivity contribution >= 4 is 28.1 Å². The number of nitrogens with one attached hydrogen (secondary N) is 1. The van der Waals surface area contributed by atoms with Gasteiger partial charge in [0.25, 0.3) is 0 Å². The molecule has 0 aliphatic heterocycles. The number of nitrogens with zero attached hydrogens (tertiary/aromatic N) is 2. The molecule has 0 aromatic carbocycles. The van der Waals surface area contributed by atoms with Crippen molar-refractivity contribution in [3.8, 4) is 0 Å². The van der Waals surface area contributed by atoms with Gasteiger partial charge in [-0.2, -0.15) is 0 Å². The monoisotopic (exact) mass is 255 g/mol. The average molecular weight is 255 g/mol. The normalized spacial score (nSPS) is 12.5. The fraction of sp³-hybridized carbons (Fsp3) is 0.545. The molecule has 0 saturated carbocycles. The van der Waals surface area contributed by atoms with E-state index in [0.29, 0.717) is 0 Å². The zero-order valence-electron chi connectivity index (χ0n) is 10.1. The molecule has 0 radical (unpaired) electrons. The summed E-state index contributed by atoms with van der Waals surface area (Å²) in [5.41, 5.74) is 1.26. The van der Waals surface area contributed by atoms with Gasteiger partial charge >= 0.3 is 0 Å². The molecule has 0 amide bonds. The summed E-state index contributed by atoms with van der Waals surface area (Å²) in [5.74, 6) is 0. The minimum absolute atomic E-state index is 0.201. The van der Waals surface area contributed by atoms with Crippen LogP contribution in [0.1, 0.15) is 26.5 Å². The van der Waals surface area contributed by atoms with Crippen molar-refractivity contribution in [3.05, 3.63) is 17.3 Å². The second-order valence-electron chi connectivity index (χ2n) is 4.66. The largest absolute Gasteiger partial charge is 0.314 e. The summed E-state index contributed by atoms with van der Waals surface area (Å²) in [6.07, 6.45) is 2.09. The third-order valence-corrected chi connectivity index (χ3v) is 3.96. The van der Waals surface area contributed by atoms with E-state index in [4.69, 9.17) is 0 Å². The highest BCUT2D eigenvalue weighted by molar-refractivity contribution is 8.00. The van der Waals surface area contributed by atoms with E-state index in [1.807, 2.05) is 18.8 Å². The number of thioether (sulfide) groups is 1. The van der Waals surface area contributed by atoms with Crippen molar-refractivity contribution in [1.29, 1.82) is 0 Å². The Morgan fingerprint density at radius 1 is 1.50 bits per heavy atom. The van der Waals surface area contributed by atoms with Crippen LogP contribution in [0.4, 0.5) is 0 Å². The maximum atomic E-state index is 4.68. The topological polar surface area (TPSA) is 29.3 Å². The summed E-state index contributed by atoms with van der Waals surface area (Å²) in [7, 11) is 1.97. The van der Waals surface area contributed by atoms with Crippen molar-refractivity contribution in [2.45, 2.75) is 37.1 Å². The lowest BCUT2D eigenvalue weighted by atomic mass is 10.3. The second-order valence-corrected chi connectivity index (χ2v) is 7.35. The highest BCUT2D eigenvalue weighted by Crippen LogP contribution is 2.34. The molecule has 5 heteroatoms. The minimum atomic E-state index is 0.201. The van der Waals surface area contributed by atoms with Crippen LogP contribution in [0.5, 0.6) is 0 Å². The van der Waals surface area contributed by atoms with Crippen molar-refractivity contribution in [1.82, 2.24) is 14.7 Å². The van der Waals surface area contributed by atoms with E-state index in [2.05, 4.69) is 47.0 Å². The molecular weight excluding hydrogens is 238 g/mol. The van der Waals surface area contributed by atoms with Gasteiger partial charge < -0.3 is 5.32 Å². The molecule has 2 aromatic heterocycles. The number of imidazole rings is 1. The molecule has 0 aliphatic carbocycles. The van der Waals surface area contributed by atoms with Gasteiger partial charge in [0.1, 0.15) is 5.03 Å². The molecule has 16 heavy (non-hydrogen) atoms. The van der Waals surface area contributed by atoms with E-state index in [-0.39, 0.29) is 4.75 Å². The predicted molar refractivity (Wildman–Crippen MR) is 71.4 cm³/mol. The number of thiazole rings is 1. The average Bonchev–Trinajstić information content (AvgIpc) is 2.67. The van der Waals surface area contributed by atoms with Gasteiger partial charge in [-0.15, -0.1) is 11.3 Å². The third-order valence-electron chi connectivity index (χ3n) is 2.07. The van der Waals surface area contributed by atoms with Crippen LogP contribution < -0.4 is 5.32 Å². The lowest BCUT2D eigenvalue weighted by Gasteiger charge is -2.16. The maximum absolute atomic E-state index is 4.68. The Hall–Kier alpha value is -0.520. The number of aromatic nitrogens is 2. The van der Waals surface area contributed by atoms with Crippen LogP contribution in [0.15, 0.2) is 16.6 Å². The van der Waals surface area contributed by atoms with Crippen LogP contribution >= 0.6 is 23.1 Å². The Bertz CT molecular complexity index is 479. The lowest BCUT2D eigenvalue weighted by molar-refractivity contribution is 0.757. The second kappa shape index (κ2) is 4.39. The van der Waals surface area contributed by atoms with Crippen molar-refractivity contribution < 1.29 is 0 Å². The van der Waals surface area contributed by atoms with Crippen LogP contribution in [-0.4, -0.2) is 21.2 Å². The van der Waals surface area contributed by atoms with Crippen molar-refractivity contribution in [3.63, 3.8) is 0 Å². The Morgan fingerprint density at radius 3 is 2.88 bits per heavy atom. The summed E-state index contributed by atoms with van der Waals surface area (Å²) >= 11 is 3.52. The molecule has 0 atom stereocenters. The highest BCUT2D eigenvalue weighted by Gasteiger charge is 2.19. The van der Waals surface area contributed by atoms with Gasteiger partial charge in [-0.3, -0.25) is 4.40 Å². The molecule has 3 nitrogen and oxygen atoms in total. The van der Waals surface area contributed by atoms with Crippen molar-refractivity contribution in [2.24, 2.45) is 0 Å². The SMILES string of the molecule is CNCc1c(SC(C)(C)C)nc2sccn12. The molecule has 0 bridgehead atoms. The molecule has 2 aromatic rings. The minimum Gasteiger partial charge on any atom is -0.314 e. The zero-order valence-corrected chi connectivity index (χ0v) is 11.7. The quantitative estimate of drug-likeness (QED) is 0.855. The standard InChI is InChI=1S/C11H17N3S2/c1-11(2,3)16-9-8(7-12-4)14-5-6-15-10(14)13-9/h5-6,12H,7H2,1-4H3. The van der Waals surface area contributed by atoms with Gasteiger partial charge in [0.15, 0.2) is 4.96 Å². The highest BCUT2D eigenvalue weighted by atomic mass is 32.2. The predicted octanol–water partition coefficient (Wildman–Crippen LogP) is 3.01. The third kappa shape index (κ3) is 2.42. The van der Waals surface area contributed by atoms with Gasteiger partial charge in [-0.25, -0.2) is 4.98 Å². The first-order valence-electron chi connectivity index (χ1n) is 5.29. The molecule has 2 heterocycles. The molecule has 2 rings (SSSR count). The first kappa shape index (κ1) is 12.0. The molecule has 0 unspecified atom stereocenters. The molecular formula is C11H17N3S2. The van der Waals surface area contributed by atoms with Gasteiger partial charge in [-0.1, -0.05) is 32.5 Å². The first-order valence-corrected chi connectivity index (χ1v) is 6.99. The molecule has 0 saturated heterocycles. The van der Waals surface area contributed by atoms with E-state index < -0.39 is 0 Å². The Kier molecular flexibility index (Phi) is 3.28. The summed E-state index contributed by atoms with van der Waals surface area (Å²) in [5, 5.41) is 6.43. The number of rotatable bonds is 3. The summed E-state index contributed by atoms with van der Waals surface area (Å²) in [6.45, 7) is 7.51. The lowest BCUT2D eigenvalue weighted by Crippen LogP contribution is -2.11. The fourth-order valence-corrected chi connectivity index (χ4v) is 3.30. The van der Waals surface area contributed by atoms with E-state index >= 15 is 0 Å². The smallest absolute Gasteiger partial charge is 0.194 e. The summed E-state index contributed by atoms with van der Waals surface area (Å²) in [6, 6.07) is 0. The van der Waals surface area contributed by atoms with E-state index in [1.165, 1.54) is 5.69 Å². The van der Waals surface area contributed by atoms with Crippen LogP contribution in [0.25, 0.3) is 4.96 Å². The van der Waals surface area contributed by atoms with E-state index in [9.17, 15) is 0 Å². The van der Waals surface area contributed by atoms with Crippen LogP contribution in [0, 0.1) is 0 Å². The van der Waals surface area contributed by atoms with Gasteiger partial charge in [0, 0.05) is 22.9 Å². The van der Waals surface area contributed by atoms with Gasteiger partial charge in [-0.05, 0) is 7.05 Å². The zero-order chi connectivity index (χ0) is 11.8. The number of fused-ring (bicyclic) bond motifs is 1. The maximum Gasteiger partial charge on any atom is 0.194 e. The summed E-state index contributed by atoms with van der Waals surface area (Å²) < 4.78 is 2.38. The van der Waals surface area contributed by atoms with Crippen LogP contribution in [0.2, 0.25) is 0 Å².